The number of nitriles is 1. The van der Waals surface area contributed by atoms with Crippen LogP contribution >= 0.6 is 0 Å². The molecule has 108 valence electrons. The van der Waals surface area contributed by atoms with Gasteiger partial charge in [0.1, 0.15) is 0 Å². The third-order valence-corrected chi connectivity index (χ3v) is 2.78. The lowest BCUT2D eigenvalue weighted by Gasteiger charge is -2.17. The smallest absolute Gasteiger partial charge is 0.335 e. The highest BCUT2D eigenvalue weighted by Crippen LogP contribution is 2.29. The molecular formula is C15H19NO4. The van der Waals surface area contributed by atoms with Gasteiger partial charge >= 0.3 is 5.97 Å². The first-order valence-corrected chi connectivity index (χ1v) is 6.44. The van der Waals surface area contributed by atoms with Crippen molar-refractivity contribution in [2.24, 2.45) is 5.41 Å². The van der Waals surface area contributed by atoms with Crippen LogP contribution in [0.1, 0.15) is 37.6 Å². The van der Waals surface area contributed by atoms with Gasteiger partial charge in [-0.05, 0) is 45.4 Å². The van der Waals surface area contributed by atoms with E-state index in [1.54, 1.807) is 6.07 Å². The number of nitrogens with zero attached hydrogens (tertiary/aromatic N) is 1. The molecule has 0 atom stereocenters. The van der Waals surface area contributed by atoms with Crippen LogP contribution in [0.3, 0.4) is 0 Å². The number of hydrogen-bond acceptors (Lipinski definition) is 4. The van der Waals surface area contributed by atoms with Gasteiger partial charge < -0.3 is 14.6 Å². The van der Waals surface area contributed by atoms with Crippen LogP contribution in [0.2, 0.25) is 0 Å². The summed E-state index contributed by atoms with van der Waals surface area (Å²) in [6.07, 6.45) is 0.579. The van der Waals surface area contributed by atoms with Crippen LogP contribution in [0, 0.1) is 16.7 Å². The minimum absolute atomic E-state index is 0.151. The average Bonchev–Trinajstić information content (AvgIpc) is 2.40. The van der Waals surface area contributed by atoms with Gasteiger partial charge in [-0.15, -0.1) is 0 Å². The SMILES string of the molecule is CCOc1cc(C(=O)O)ccc1OCCC(C)(C)C#N. The van der Waals surface area contributed by atoms with Crippen molar-refractivity contribution in [2.75, 3.05) is 13.2 Å². The molecule has 0 fully saturated rings. The Labute approximate surface area is 118 Å². The minimum atomic E-state index is -1.01. The molecule has 0 aliphatic rings. The third kappa shape index (κ3) is 4.47. The van der Waals surface area contributed by atoms with E-state index >= 15 is 0 Å². The number of carboxylic acid groups (broad SMARTS) is 1. The highest BCUT2D eigenvalue weighted by molar-refractivity contribution is 5.88. The van der Waals surface area contributed by atoms with E-state index in [1.807, 2.05) is 20.8 Å². The van der Waals surface area contributed by atoms with Crippen LogP contribution in [0.4, 0.5) is 0 Å². The quantitative estimate of drug-likeness (QED) is 0.828. The molecule has 0 bridgehead atoms. The van der Waals surface area contributed by atoms with Crippen molar-refractivity contribution in [3.63, 3.8) is 0 Å². The normalized spacial score (nSPS) is 10.7. The molecule has 0 saturated carbocycles. The van der Waals surface area contributed by atoms with Gasteiger partial charge in [0, 0.05) is 0 Å². The lowest BCUT2D eigenvalue weighted by molar-refractivity contribution is 0.0696. The van der Waals surface area contributed by atoms with Crippen LogP contribution in [-0.2, 0) is 0 Å². The van der Waals surface area contributed by atoms with Gasteiger partial charge in [0.2, 0.25) is 0 Å². The molecular weight excluding hydrogens is 258 g/mol. The Bertz CT molecular complexity index is 517. The van der Waals surface area contributed by atoms with E-state index in [1.165, 1.54) is 12.1 Å². The van der Waals surface area contributed by atoms with Gasteiger partial charge in [0.15, 0.2) is 11.5 Å². The molecule has 20 heavy (non-hydrogen) atoms. The van der Waals surface area contributed by atoms with E-state index < -0.39 is 11.4 Å². The molecule has 0 amide bonds. The fourth-order valence-electron chi connectivity index (χ4n) is 1.50. The zero-order valence-corrected chi connectivity index (χ0v) is 12.0. The van der Waals surface area contributed by atoms with Crippen molar-refractivity contribution in [3.8, 4) is 17.6 Å². The predicted molar refractivity (Wildman–Crippen MR) is 74.1 cm³/mol. The summed E-state index contributed by atoms with van der Waals surface area (Å²) in [6, 6.07) is 6.69. The minimum Gasteiger partial charge on any atom is -0.490 e. The number of rotatable bonds is 7. The number of carbonyl (C=O) groups is 1. The summed E-state index contributed by atoms with van der Waals surface area (Å²) in [7, 11) is 0. The number of aromatic carboxylic acids is 1. The van der Waals surface area contributed by atoms with Crippen molar-refractivity contribution in [1.82, 2.24) is 0 Å². The van der Waals surface area contributed by atoms with Gasteiger partial charge in [-0.3, -0.25) is 0 Å². The van der Waals surface area contributed by atoms with Crippen LogP contribution in [-0.4, -0.2) is 24.3 Å². The van der Waals surface area contributed by atoms with Crippen LogP contribution in [0.5, 0.6) is 11.5 Å². The van der Waals surface area contributed by atoms with Crippen molar-refractivity contribution in [3.05, 3.63) is 23.8 Å². The highest BCUT2D eigenvalue weighted by atomic mass is 16.5. The first kappa shape index (κ1) is 15.8. The lowest BCUT2D eigenvalue weighted by atomic mass is 9.92. The fourth-order valence-corrected chi connectivity index (χ4v) is 1.50. The zero-order chi connectivity index (χ0) is 15.2. The maximum atomic E-state index is 10.9. The summed E-state index contributed by atoms with van der Waals surface area (Å²) >= 11 is 0. The Morgan fingerprint density at radius 2 is 2.05 bits per heavy atom. The lowest BCUT2D eigenvalue weighted by Crippen LogP contribution is -2.13. The maximum absolute atomic E-state index is 10.9. The molecule has 0 aromatic heterocycles. The molecule has 1 aromatic carbocycles. The monoisotopic (exact) mass is 277 g/mol. The van der Waals surface area contributed by atoms with E-state index in [4.69, 9.17) is 19.8 Å². The topological polar surface area (TPSA) is 79.6 Å². The Hall–Kier alpha value is -2.22. The van der Waals surface area contributed by atoms with Crippen molar-refractivity contribution >= 4 is 5.97 Å². The molecule has 5 heteroatoms. The average molecular weight is 277 g/mol. The van der Waals surface area contributed by atoms with E-state index in [0.717, 1.165) is 0 Å². The van der Waals surface area contributed by atoms with Gasteiger partial charge in [-0.25, -0.2) is 4.79 Å². The molecule has 0 aliphatic carbocycles. The fraction of sp³-hybridized carbons (Fsp3) is 0.467. The summed E-state index contributed by atoms with van der Waals surface area (Å²) in [4.78, 5) is 10.9. The maximum Gasteiger partial charge on any atom is 0.335 e. The summed E-state index contributed by atoms with van der Waals surface area (Å²) < 4.78 is 11.0. The molecule has 0 radical (unpaired) electrons. The van der Waals surface area contributed by atoms with Crippen molar-refractivity contribution < 1.29 is 19.4 Å². The van der Waals surface area contributed by atoms with E-state index in [0.29, 0.717) is 31.1 Å². The molecule has 1 N–H and O–H groups in total. The molecule has 0 heterocycles. The highest BCUT2D eigenvalue weighted by Gasteiger charge is 2.17. The second-order valence-corrected chi connectivity index (χ2v) is 4.99. The van der Waals surface area contributed by atoms with E-state index in [9.17, 15) is 4.79 Å². The number of benzene rings is 1. The molecule has 5 nitrogen and oxygen atoms in total. The van der Waals surface area contributed by atoms with Gasteiger partial charge in [0.25, 0.3) is 0 Å². The van der Waals surface area contributed by atoms with Gasteiger partial charge in [-0.1, -0.05) is 0 Å². The number of hydrogen-bond donors (Lipinski definition) is 1. The van der Waals surface area contributed by atoms with E-state index in [-0.39, 0.29) is 5.56 Å². The van der Waals surface area contributed by atoms with Gasteiger partial charge in [-0.2, -0.15) is 5.26 Å². The standard InChI is InChI=1S/C15H19NO4/c1-4-19-13-9-11(14(17)18)5-6-12(13)20-8-7-15(2,3)10-16/h5-6,9H,4,7-8H2,1-3H3,(H,17,18). The molecule has 0 aliphatic heterocycles. The van der Waals surface area contributed by atoms with E-state index in [2.05, 4.69) is 6.07 Å². The largest absolute Gasteiger partial charge is 0.490 e. The summed E-state index contributed by atoms with van der Waals surface area (Å²) in [6.45, 7) is 6.28. The molecule has 1 rings (SSSR count). The Balaban J connectivity index is 2.79. The van der Waals surface area contributed by atoms with Crippen molar-refractivity contribution in [1.29, 1.82) is 5.26 Å². The zero-order valence-electron chi connectivity index (χ0n) is 12.0. The summed E-state index contributed by atoms with van der Waals surface area (Å²) in [5.41, 5.74) is -0.301. The first-order chi connectivity index (χ1) is 9.39. The molecule has 0 saturated heterocycles. The van der Waals surface area contributed by atoms with Gasteiger partial charge in [0.05, 0.1) is 30.3 Å². The third-order valence-electron chi connectivity index (χ3n) is 2.78. The molecule has 0 spiro atoms. The summed E-state index contributed by atoms with van der Waals surface area (Å²) in [5.74, 6) is -0.115. The Morgan fingerprint density at radius 1 is 1.35 bits per heavy atom. The second kappa shape index (κ2) is 6.80. The molecule has 0 unspecified atom stereocenters. The Morgan fingerprint density at radius 3 is 2.60 bits per heavy atom. The predicted octanol–water partition coefficient (Wildman–Crippen LogP) is 3.10. The number of ether oxygens (including phenoxy) is 2. The Kier molecular flexibility index (Phi) is 5.39. The van der Waals surface area contributed by atoms with Crippen molar-refractivity contribution in [2.45, 2.75) is 27.2 Å². The van der Waals surface area contributed by atoms with Crippen LogP contribution in [0.15, 0.2) is 18.2 Å². The van der Waals surface area contributed by atoms with Crippen LogP contribution in [0.25, 0.3) is 0 Å². The van der Waals surface area contributed by atoms with Crippen LogP contribution < -0.4 is 9.47 Å². The first-order valence-electron chi connectivity index (χ1n) is 6.44. The molecule has 1 aromatic rings. The summed E-state index contributed by atoms with van der Waals surface area (Å²) in [5, 5.41) is 17.9. The second-order valence-electron chi connectivity index (χ2n) is 4.99. The number of carboxylic acids is 1.